The molecule has 2 nitrogen and oxygen atoms in total. The monoisotopic (exact) mass is 142 g/mol. The molecule has 1 saturated carbocycles. The Morgan fingerprint density at radius 1 is 1.10 bits per heavy atom. The zero-order valence-electron chi connectivity index (χ0n) is 6.12. The Labute approximate surface area is 61.2 Å². The second-order valence-electron chi connectivity index (χ2n) is 3.39. The van der Waals surface area contributed by atoms with Crippen molar-refractivity contribution < 1.29 is 9.84 Å². The molecule has 58 valence electrons. The van der Waals surface area contributed by atoms with E-state index in [1.165, 1.54) is 19.3 Å². The van der Waals surface area contributed by atoms with E-state index in [4.69, 9.17) is 4.74 Å². The standard InChI is InChI=1S/C8H14O2/c9-6-3-1-2-4-7-8(5-6)10-7/h6-9H,1-5H2/t6-,7+,8-/m1/s1. The third-order valence-corrected chi connectivity index (χ3v) is 2.47. The van der Waals surface area contributed by atoms with Crippen LogP contribution in [-0.2, 0) is 4.74 Å². The molecule has 0 aromatic rings. The lowest BCUT2D eigenvalue weighted by molar-refractivity contribution is 0.139. The van der Waals surface area contributed by atoms with Crippen LogP contribution in [0.1, 0.15) is 32.1 Å². The summed E-state index contributed by atoms with van der Waals surface area (Å²) in [5.41, 5.74) is 0. The molecule has 0 aromatic carbocycles. The van der Waals surface area contributed by atoms with Crippen molar-refractivity contribution in [2.24, 2.45) is 0 Å². The number of aliphatic hydroxyl groups excluding tert-OH is 1. The smallest absolute Gasteiger partial charge is 0.0866 e. The van der Waals surface area contributed by atoms with Gasteiger partial charge in [0.15, 0.2) is 0 Å². The van der Waals surface area contributed by atoms with Gasteiger partial charge in [0, 0.05) is 6.42 Å². The fourth-order valence-corrected chi connectivity index (χ4v) is 1.75. The first-order chi connectivity index (χ1) is 4.86. The molecule has 1 N–H and O–H groups in total. The molecule has 2 aliphatic rings. The fraction of sp³-hybridized carbons (Fsp3) is 1.00. The molecule has 0 bridgehead atoms. The average Bonchev–Trinajstić information content (AvgIpc) is 2.54. The van der Waals surface area contributed by atoms with Crippen LogP contribution < -0.4 is 0 Å². The van der Waals surface area contributed by atoms with Gasteiger partial charge in [0.1, 0.15) is 0 Å². The third kappa shape index (κ3) is 1.32. The van der Waals surface area contributed by atoms with Crippen LogP contribution in [0.25, 0.3) is 0 Å². The van der Waals surface area contributed by atoms with E-state index < -0.39 is 0 Å². The van der Waals surface area contributed by atoms with Gasteiger partial charge in [-0.1, -0.05) is 12.8 Å². The Hall–Kier alpha value is -0.0800. The second-order valence-corrected chi connectivity index (χ2v) is 3.39. The van der Waals surface area contributed by atoms with Gasteiger partial charge in [0.05, 0.1) is 18.3 Å². The van der Waals surface area contributed by atoms with Gasteiger partial charge in [-0.05, 0) is 12.8 Å². The van der Waals surface area contributed by atoms with Crippen molar-refractivity contribution in [1.29, 1.82) is 0 Å². The molecule has 0 radical (unpaired) electrons. The predicted octanol–water partition coefficient (Wildman–Crippen LogP) is 1.08. The number of aliphatic hydroxyl groups is 1. The number of hydrogen-bond acceptors (Lipinski definition) is 2. The van der Waals surface area contributed by atoms with E-state index in [1.807, 2.05) is 0 Å². The normalized spacial score (nSPS) is 47.1. The molecule has 10 heavy (non-hydrogen) atoms. The Morgan fingerprint density at radius 2 is 1.90 bits per heavy atom. The minimum Gasteiger partial charge on any atom is -0.393 e. The van der Waals surface area contributed by atoms with Crippen LogP contribution in [-0.4, -0.2) is 23.4 Å². The molecule has 0 spiro atoms. The maximum atomic E-state index is 9.33. The molecule has 2 rings (SSSR count). The SMILES string of the molecule is O[C@@H]1CCCC[C@@H]2O[C@@H]2C1. The molecule has 1 saturated heterocycles. The summed E-state index contributed by atoms with van der Waals surface area (Å²) in [7, 11) is 0. The summed E-state index contributed by atoms with van der Waals surface area (Å²) < 4.78 is 5.35. The van der Waals surface area contributed by atoms with E-state index in [0.29, 0.717) is 12.2 Å². The fourth-order valence-electron chi connectivity index (χ4n) is 1.75. The Bertz CT molecular complexity index is 124. The number of ether oxygens (including phenoxy) is 1. The molecule has 2 heteroatoms. The van der Waals surface area contributed by atoms with Crippen molar-refractivity contribution in [3.05, 3.63) is 0 Å². The third-order valence-electron chi connectivity index (χ3n) is 2.47. The molecule has 3 atom stereocenters. The van der Waals surface area contributed by atoms with Crippen molar-refractivity contribution in [3.8, 4) is 0 Å². The number of hydrogen-bond donors (Lipinski definition) is 1. The van der Waals surface area contributed by atoms with Gasteiger partial charge in [0.25, 0.3) is 0 Å². The van der Waals surface area contributed by atoms with Gasteiger partial charge >= 0.3 is 0 Å². The minimum atomic E-state index is -0.0877. The lowest BCUT2D eigenvalue weighted by atomic mass is 9.99. The van der Waals surface area contributed by atoms with Gasteiger partial charge in [-0.3, -0.25) is 0 Å². The molecular weight excluding hydrogens is 128 g/mol. The average molecular weight is 142 g/mol. The molecule has 2 fully saturated rings. The van der Waals surface area contributed by atoms with Gasteiger partial charge < -0.3 is 9.84 Å². The summed E-state index contributed by atoms with van der Waals surface area (Å²) in [5.74, 6) is 0. The summed E-state index contributed by atoms with van der Waals surface area (Å²) in [6, 6.07) is 0. The molecule has 0 unspecified atom stereocenters. The molecule has 1 heterocycles. The first-order valence-electron chi connectivity index (χ1n) is 4.20. The molecular formula is C8H14O2. The highest BCUT2D eigenvalue weighted by Gasteiger charge is 2.40. The first-order valence-corrected chi connectivity index (χ1v) is 4.20. The van der Waals surface area contributed by atoms with E-state index in [9.17, 15) is 5.11 Å². The Balaban J connectivity index is 1.85. The zero-order chi connectivity index (χ0) is 6.97. The van der Waals surface area contributed by atoms with Crippen molar-refractivity contribution in [3.63, 3.8) is 0 Å². The van der Waals surface area contributed by atoms with E-state index >= 15 is 0 Å². The summed E-state index contributed by atoms with van der Waals surface area (Å²) in [6.07, 6.45) is 6.32. The number of epoxide rings is 1. The van der Waals surface area contributed by atoms with Crippen LogP contribution in [0.5, 0.6) is 0 Å². The van der Waals surface area contributed by atoms with Gasteiger partial charge in [-0.2, -0.15) is 0 Å². The van der Waals surface area contributed by atoms with Crippen LogP contribution >= 0.6 is 0 Å². The van der Waals surface area contributed by atoms with Crippen LogP contribution in [0.15, 0.2) is 0 Å². The van der Waals surface area contributed by atoms with Gasteiger partial charge in [-0.15, -0.1) is 0 Å². The Morgan fingerprint density at radius 3 is 2.80 bits per heavy atom. The van der Waals surface area contributed by atoms with Crippen LogP contribution in [0.2, 0.25) is 0 Å². The second kappa shape index (κ2) is 2.51. The van der Waals surface area contributed by atoms with E-state index in [1.54, 1.807) is 0 Å². The summed E-state index contributed by atoms with van der Waals surface area (Å²) in [6.45, 7) is 0. The van der Waals surface area contributed by atoms with E-state index in [-0.39, 0.29) is 6.10 Å². The highest BCUT2D eigenvalue weighted by molar-refractivity contribution is 4.88. The quantitative estimate of drug-likeness (QED) is 0.513. The maximum Gasteiger partial charge on any atom is 0.0866 e. The van der Waals surface area contributed by atoms with Crippen LogP contribution in [0.3, 0.4) is 0 Å². The molecule has 1 aliphatic heterocycles. The zero-order valence-corrected chi connectivity index (χ0v) is 6.12. The largest absolute Gasteiger partial charge is 0.393 e. The maximum absolute atomic E-state index is 9.33. The van der Waals surface area contributed by atoms with E-state index in [0.717, 1.165) is 12.8 Å². The number of fused-ring (bicyclic) bond motifs is 1. The minimum absolute atomic E-state index is 0.0877. The summed E-state index contributed by atoms with van der Waals surface area (Å²) in [5, 5.41) is 9.33. The van der Waals surface area contributed by atoms with Crippen molar-refractivity contribution in [2.75, 3.05) is 0 Å². The highest BCUT2D eigenvalue weighted by Crippen LogP contribution is 2.33. The predicted molar refractivity (Wildman–Crippen MR) is 37.8 cm³/mol. The molecule has 0 aromatic heterocycles. The summed E-state index contributed by atoms with van der Waals surface area (Å²) in [4.78, 5) is 0. The summed E-state index contributed by atoms with van der Waals surface area (Å²) >= 11 is 0. The van der Waals surface area contributed by atoms with Gasteiger partial charge in [-0.25, -0.2) is 0 Å². The number of rotatable bonds is 0. The van der Waals surface area contributed by atoms with Crippen LogP contribution in [0, 0.1) is 0 Å². The first kappa shape index (κ1) is 6.62. The van der Waals surface area contributed by atoms with Crippen molar-refractivity contribution >= 4 is 0 Å². The van der Waals surface area contributed by atoms with Crippen molar-refractivity contribution in [2.45, 2.75) is 50.4 Å². The highest BCUT2D eigenvalue weighted by atomic mass is 16.6. The lowest BCUT2D eigenvalue weighted by Gasteiger charge is -2.10. The van der Waals surface area contributed by atoms with Crippen molar-refractivity contribution in [1.82, 2.24) is 0 Å². The van der Waals surface area contributed by atoms with E-state index in [2.05, 4.69) is 0 Å². The topological polar surface area (TPSA) is 32.8 Å². The molecule has 0 amide bonds. The lowest BCUT2D eigenvalue weighted by Crippen LogP contribution is -2.13. The molecule has 1 aliphatic carbocycles. The Kier molecular flexibility index (Phi) is 1.66. The van der Waals surface area contributed by atoms with Gasteiger partial charge in [0.2, 0.25) is 0 Å². The van der Waals surface area contributed by atoms with Crippen LogP contribution in [0.4, 0.5) is 0 Å².